The predicted octanol–water partition coefficient (Wildman–Crippen LogP) is 3.48. The first-order chi connectivity index (χ1) is 15.8. The number of sulfonamides is 1. The summed E-state index contributed by atoms with van der Waals surface area (Å²) in [7, 11) is -3.89. The largest absolute Gasteiger partial charge is 0.361 e. The van der Waals surface area contributed by atoms with Gasteiger partial charge in [-0.3, -0.25) is 4.79 Å². The predicted molar refractivity (Wildman–Crippen MR) is 123 cm³/mol. The van der Waals surface area contributed by atoms with Crippen molar-refractivity contribution >= 4 is 20.9 Å². The van der Waals surface area contributed by atoms with E-state index in [4.69, 9.17) is 4.52 Å². The van der Waals surface area contributed by atoms with Crippen LogP contribution in [0.4, 0.5) is 0 Å². The summed E-state index contributed by atoms with van der Waals surface area (Å²) < 4.78 is 35.2. The Balaban J connectivity index is 1.77. The second kappa shape index (κ2) is 8.20. The summed E-state index contributed by atoms with van der Waals surface area (Å²) in [6.45, 7) is 3.56. The normalized spacial score (nSPS) is 14.8. The van der Waals surface area contributed by atoms with Gasteiger partial charge in [0.2, 0.25) is 10.0 Å². The highest BCUT2D eigenvalue weighted by Gasteiger charge is 2.27. The molecule has 10 heteroatoms. The number of pyridine rings is 1. The smallest absolute Gasteiger partial charge is 0.259 e. The van der Waals surface area contributed by atoms with E-state index < -0.39 is 15.6 Å². The van der Waals surface area contributed by atoms with Gasteiger partial charge >= 0.3 is 0 Å². The van der Waals surface area contributed by atoms with E-state index in [-0.39, 0.29) is 22.3 Å². The first kappa shape index (κ1) is 21.5. The maximum absolute atomic E-state index is 13.6. The van der Waals surface area contributed by atoms with Crippen LogP contribution in [0.15, 0.2) is 50.9 Å². The highest BCUT2D eigenvalue weighted by Crippen LogP contribution is 2.34. The zero-order valence-electron chi connectivity index (χ0n) is 18.3. The number of rotatable bonds is 5. The van der Waals surface area contributed by atoms with Crippen molar-refractivity contribution in [2.75, 3.05) is 0 Å². The first-order valence-electron chi connectivity index (χ1n) is 10.8. The van der Waals surface area contributed by atoms with Crippen molar-refractivity contribution in [2.24, 2.45) is 0 Å². The summed E-state index contributed by atoms with van der Waals surface area (Å²) in [5.41, 5.74) is 2.12. The maximum Gasteiger partial charge on any atom is 0.259 e. The van der Waals surface area contributed by atoms with E-state index in [0.717, 1.165) is 25.7 Å². The van der Waals surface area contributed by atoms with Crippen molar-refractivity contribution in [1.82, 2.24) is 24.8 Å². The molecule has 0 saturated heterocycles. The van der Waals surface area contributed by atoms with Crippen molar-refractivity contribution in [3.63, 3.8) is 0 Å². The molecule has 0 bridgehead atoms. The van der Waals surface area contributed by atoms with Gasteiger partial charge in [-0.15, -0.1) is 0 Å². The van der Waals surface area contributed by atoms with Crippen LogP contribution in [0.1, 0.15) is 37.1 Å². The van der Waals surface area contributed by atoms with Crippen LogP contribution in [0.3, 0.4) is 0 Å². The number of aromatic amines is 1. The molecule has 170 valence electrons. The number of fused-ring (bicyclic) bond motifs is 1. The number of aromatic nitrogens is 4. The Kier molecular flexibility index (Phi) is 5.34. The van der Waals surface area contributed by atoms with Gasteiger partial charge in [-0.05, 0) is 56.5 Å². The van der Waals surface area contributed by atoms with Gasteiger partial charge in [0.25, 0.3) is 5.56 Å². The molecule has 1 fully saturated rings. The van der Waals surface area contributed by atoms with Crippen molar-refractivity contribution in [2.45, 2.75) is 50.5 Å². The minimum Gasteiger partial charge on any atom is -0.361 e. The molecule has 9 nitrogen and oxygen atoms in total. The lowest BCUT2D eigenvalue weighted by molar-refractivity contribution is 0.393. The van der Waals surface area contributed by atoms with Gasteiger partial charge in [-0.1, -0.05) is 18.0 Å². The number of H-pyrrole nitrogens is 1. The quantitative estimate of drug-likeness (QED) is 0.461. The Bertz CT molecular complexity index is 1480. The Morgan fingerprint density at radius 3 is 2.48 bits per heavy atom. The Labute approximate surface area is 190 Å². The summed E-state index contributed by atoms with van der Waals surface area (Å²) in [4.78, 5) is 24.1. The van der Waals surface area contributed by atoms with Crippen LogP contribution in [0.25, 0.3) is 33.4 Å². The molecular weight excluding hydrogens is 442 g/mol. The molecule has 0 aliphatic heterocycles. The molecule has 3 aromatic heterocycles. The second-order valence-corrected chi connectivity index (χ2v) is 10.0. The summed E-state index contributed by atoms with van der Waals surface area (Å²) in [6.07, 6.45) is 6.67. The molecule has 0 amide bonds. The van der Waals surface area contributed by atoms with Gasteiger partial charge in [0, 0.05) is 29.4 Å². The van der Waals surface area contributed by atoms with E-state index in [1.807, 2.05) is 0 Å². The van der Waals surface area contributed by atoms with Crippen LogP contribution >= 0.6 is 0 Å². The monoisotopic (exact) mass is 465 g/mol. The summed E-state index contributed by atoms with van der Waals surface area (Å²) in [6, 6.07) is 6.44. The molecule has 33 heavy (non-hydrogen) atoms. The number of nitrogens with zero attached hydrogens (tertiary/aromatic N) is 3. The minimum atomic E-state index is -3.89. The van der Waals surface area contributed by atoms with Crippen LogP contribution in [0.5, 0.6) is 0 Å². The molecular formula is C23H23N5O4S. The Morgan fingerprint density at radius 1 is 1.09 bits per heavy atom. The third-order valence-electron chi connectivity index (χ3n) is 6.02. The molecule has 0 unspecified atom stereocenters. The van der Waals surface area contributed by atoms with Crippen molar-refractivity contribution < 1.29 is 12.9 Å². The molecule has 1 aromatic carbocycles. The number of hydrogen-bond acceptors (Lipinski definition) is 7. The molecule has 3 heterocycles. The number of hydrogen-bond donors (Lipinski definition) is 2. The number of nitrogens with one attached hydrogen (secondary N) is 2. The van der Waals surface area contributed by atoms with Crippen LogP contribution in [-0.2, 0) is 10.0 Å². The van der Waals surface area contributed by atoms with Gasteiger partial charge in [0.1, 0.15) is 5.76 Å². The van der Waals surface area contributed by atoms with Crippen LogP contribution in [-0.4, -0.2) is 34.6 Å². The molecule has 1 saturated carbocycles. The number of benzene rings is 1. The lowest BCUT2D eigenvalue weighted by Gasteiger charge is -2.16. The molecule has 1 aliphatic rings. The average Bonchev–Trinajstić information content (AvgIpc) is 3.41. The van der Waals surface area contributed by atoms with Crippen LogP contribution < -0.4 is 10.3 Å². The van der Waals surface area contributed by atoms with Crippen LogP contribution in [0.2, 0.25) is 0 Å². The molecule has 0 spiro atoms. The fourth-order valence-electron chi connectivity index (χ4n) is 4.47. The molecule has 4 aromatic rings. The van der Waals surface area contributed by atoms with Crippen molar-refractivity contribution in [1.29, 1.82) is 0 Å². The maximum atomic E-state index is 13.6. The van der Waals surface area contributed by atoms with Gasteiger partial charge in [0.05, 0.1) is 21.7 Å². The SMILES string of the molecule is Cc1noc(C)c1-c1cc(S(=O)(=O)NC2CCCC2)c2cc(-c3ncccn3)c(=O)[nH]c2c1. The fraction of sp³-hybridized carbons (Fsp3) is 0.304. The zero-order valence-corrected chi connectivity index (χ0v) is 19.1. The Hall–Kier alpha value is -3.37. The molecule has 5 rings (SSSR count). The summed E-state index contributed by atoms with van der Waals surface area (Å²) in [5, 5.41) is 4.38. The molecule has 2 N–H and O–H groups in total. The van der Waals surface area contributed by atoms with E-state index in [1.54, 1.807) is 38.1 Å². The lowest BCUT2D eigenvalue weighted by atomic mass is 10.0. The van der Waals surface area contributed by atoms with Gasteiger partial charge in [-0.2, -0.15) is 0 Å². The van der Waals surface area contributed by atoms with Crippen molar-refractivity contribution in [3.05, 3.63) is 58.5 Å². The lowest BCUT2D eigenvalue weighted by Crippen LogP contribution is -2.32. The van der Waals surface area contributed by atoms with E-state index >= 15 is 0 Å². The second-order valence-electron chi connectivity index (χ2n) is 8.32. The molecule has 0 atom stereocenters. The van der Waals surface area contributed by atoms with Crippen LogP contribution in [0, 0.1) is 13.8 Å². The topological polar surface area (TPSA) is 131 Å². The van der Waals surface area contributed by atoms with Crippen molar-refractivity contribution in [3.8, 4) is 22.5 Å². The fourth-order valence-corrected chi connectivity index (χ4v) is 6.01. The summed E-state index contributed by atoms with van der Waals surface area (Å²) >= 11 is 0. The van der Waals surface area contributed by atoms with E-state index in [0.29, 0.717) is 33.5 Å². The van der Waals surface area contributed by atoms with Gasteiger partial charge in [0.15, 0.2) is 5.82 Å². The Morgan fingerprint density at radius 2 is 1.82 bits per heavy atom. The standard InChI is InChI=1S/C23H23N5O4S/c1-13-21(14(2)32-27-13)15-10-19-17(12-18(23(29)26-19)22-24-8-5-9-25-22)20(11-15)33(30,31)28-16-6-3-4-7-16/h5,8-12,16,28H,3-4,6-7H2,1-2H3,(H,26,29). The van der Waals surface area contributed by atoms with E-state index in [9.17, 15) is 13.2 Å². The number of aryl methyl sites for hydroxylation is 2. The zero-order chi connectivity index (χ0) is 23.2. The van der Waals surface area contributed by atoms with E-state index in [1.165, 1.54) is 12.4 Å². The summed E-state index contributed by atoms with van der Waals surface area (Å²) in [5.74, 6) is 0.790. The van der Waals surface area contributed by atoms with E-state index in [2.05, 4.69) is 24.8 Å². The first-order valence-corrected chi connectivity index (χ1v) is 12.3. The third kappa shape index (κ3) is 3.96. The third-order valence-corrected chi connectivity index (χ3v) is 7.58. The highest BCUT2D eigenvalue weighted by molar-refractivity contribution is 7.89. The molecule has 0 radical (unpaired) electrons. The minimum absolute atomic E-state index is 0.0790. The van der Waals surface area contributed by atoms with Gasteiger partial charge in [-0.25, -0.2) is 23.1 Å². The highest BCUT2D eigenvalue weighted by atomic mass is 32.2. The average molecular weight is 466 g/mol. The molecule has 1 aliphatic carbocycles. The van der Waals surface area contributed by atoms with Gasteiger partial charge < -0.3 is 9.51 Å².